The van der Waals surface area contributed by atoms with E-state index < -0.39 is 0 Å². The average Bonchev–Trinajstić information content (AvgIpc) is 3.03. The lowest BCUT2D eigenvalue weighted by atomic mass is 9.26. The molecule has 6 aromatic rings. The number of nitrogens with zero attached hydrogens (tertiary/aromatic N) is 1. The van der Waals surface area contributed by atoms with E-state index in [1.54, 1.807) is 0 Å². The Balaban J connectivity index is 1.44. The molecule has 0 saturated heterocycles. The molecular weight excluding hydrogens is 479 g/mol. The van der Waals surface area contributed by atoms with Gasteiger partial charge >= 0.3 is 0 Å². The van der Waals surface area contributed by atoms with Crippen LogP contribution < -0.4 is 54.1 Å². The molecule has 0 N–H and O–H groups in total. The second kappa shape index (κ2) is 8.40. The Hall–Kier alpha value is -4.69. The first-order valence-electron chi connectivity index (χ1n) is 14.2. The highest BCUT2D eigenvalue weighted by Crippen LogP contribution is 2.38. The maximum Gasteiger partial charge on any atom is 0.246 e. The fraction of sp³-hybridized carbons (Fsp3) is 0. The van der Waals surface area contributed by atoms with Gasteiger partial charge in [0.2, 0.25) is 20.1 Å². The number of rotatable bonds is 3. The summed E-state index contributed by atoms with van der Waals surface area (Å²) < 4.78 is 0. The Bertz CT molecular complexity index is 1630. The molecule has 182 valence electrons. The van der Waals surface area contributed by atoms with Gasteiger partial charge < -0.3 is 4.90 Å². The van der Waals surface area contributed by atoms with Gasteiger partial charge in [0.25, 0.3) is 0 Å². The quantitative estimate of drug-likeness (QED) is 0.332. The van der Waals surface area contributed by atoms with Crippen LogP contribution in [0.15, 0.2) is 146 Å². The number of benzene rings is 6. The monoisotopic (exact) mass is 503 g/mol. The van der Waals surface area contributed by atoms with Gasteiger partial charge in [-0.05, 0) is 32.8 Å². The Labute approximate surface area is 236 Å². The average molecular weight is 503 g/mol. The molecule has 0 fully saturated rings. The van der Waals surface area contributed by atoms with Crippen molar-refractivity contribution in [2.75, 3.05) is 4.90 Å². The zero-order chi connectivity index (χ0) is 26.2. The van der Waals surface area contributed by atoms with Gasteiger partial charge in [-0.3, -0.25) is 0 Å². The van der Waals surface area contributed by atoms with E-state index in [4.69, 9.17) is 0 Å². The summed E-state index contributed by atoms with van der Waals surface area (Å²) in [6, 6.07) is 54.3. The van der Waals surface area contributed by atoms with E-state index in [2.05, 4.69) is 150 Å². The lowest BCUT2D eigenvalue weighted by Gasteiger charge is -2.49. The highest BCUT2D eigenvalue weighted by Gasteiger charge is 2.48. The van der Waals surface area contributed by atoms with E-state index in [1.807, 2.05) is 0 Å². The van der Waals surface area contributed by atoms with Crippen LogP contribution in [0, 0.1) is 0 Å². The fourth-order valence-corrected chi connectivity index (χ4v) is 7.76. The number of para-hydroxylation sites is 3. The van der Waals surface area contributed by atoms with Crippen LogP contribution in [0.2, 0.25) is 0 Å². The smallest absolute Gasteiger partial charge is 0.246 e. The molecule has 0 aliphatic carbocycles. The van der Waals surface area contributed by atoms with E-state index in [9.17, 15) is 0 Å². The number of hydrogen-bond acceptors (Lipinski definition) is 1. The molecule has 40 heavy (non-hydrogen) atoms. The van der Waals surface area contributed by atoms with Crippen molar-refractivity contribution in [1.29, 1.82) is 0 Å². The molecule has 3 aliphatic rings. The third-order valence-electron chi connectivity index (χ3n) is 9.23. The topological polar surface area (TPSA) is 3.24 Å². The van der Waals surface area contributed by atoms with Gasteiger partial charge in [-0.25, -0.2) is 0 Å². The van der Waals surface area contributed by atoms with Gasteiger partial charge in [0, 0.05) is 17.1 Å². The molecule has 6 aromatic carbocycles. The summed E-state index contributed by atoms with van der Waals surface area (Å²) in [4.78, 5) is 2.64. The standard InChI is InChI=1S/C36H24B3N/c1-4-13-25(14-5-1)37-28-19-10-21-30-34(28)40-35-29(37)20-11-22-31(35)39(27-17-8-3-9-18-27)33-24-12-23-32(36(33)40)38(30)26-15-6-2-7-16-26/h1-24H. The zero-order valence-electron chi connectivity index (χ0n) is 22.0. The second-order valence-electron chi connectivity index (χ2n) is 11.2. The molecule has 0 unspecified atom stereocenters. The first-order valence-corrected chi connectivity index (χ1v) is 14.2. The molecule has 3 aliphatic heterocycles. The Morgan fingerprint density at radius 2 is 0.525 bits per heavy atom. The zero-order valence-corrected chi connectivity index (χ0v) is 22.0. The van der Waals surface area contributed by atoms with E-state index in [1.165, 1.54) is 66.2 Å². The van der Waals surface area contributed by atoms with Crippen LogP contribution in [0.1, 0.15) is 0 Å². The molecule has 0 amide bonds. The van der Waals surface area contributed by atoms with Crippen LogP contribution in [-0.2, 0) is 0 Å². The molecular formula is C36H24B3N. The van der Waals surface area contributed by atoms with Gasteiger partial charge in [0.1, 0.15) is 0 Å². The van der Waals surface area contributed by atoms with Gasteiger partial charge in [-0.1, -0.05) is 162 Å². The van der Waals surface area contributed by atoms with Crippen molar-refractivity contribution < 1.29 is 0 Å². The van der Waals surface area contributed by atoms with Gasteiger partial charge in [-0.2, -0.15) is 0 Å². The van der Waals surface area contributed by atoms with Gasteiger partial charge in [-0.15, -0.1) is 0 Å². The third kappa shape index (κ3) is 2.91. The molecule has 4 heteroatoms. The maximum atomic E-state index is 2.64. The second-order valence-corrected chi connectivity index (χ2v) is 11.2. The minimum Gasteiger partial charge on any atom is -0.314 e. The first kappa shape index (κ1) is 22.2. The van der Waals surface area contributed by atoms with Crippen molar-refractivity contribution >= 4 is 86.4 Å². The van der Waals surface area contributed by atoms with Crippen LogP contribution in [0.25, 0.3) is 0 Å². The molecule has 0 atom stereocenters. The normalized spacial score (nSPS) is 13.8. The van der Waals surface area contributed by atoms with Crippen molar-refractivity contribution in [3.63, 3.8) is 0 Å². The minimum atomic E-state index is 0.182. The largest absolute Gasteiger partial charge is 0.314 e. The summed E-state index contributed by atoms with van der Waals surface area (Å²) in [6.45, 7) is 0.547. The summed E-state index contributed by atoms with van der Waals surface area (Å²) in [5, 5.41) is 0. The van der Waals surface area contributed by atoms with Crippen LogP contribution in [0.3, 0.4) is 0 Å². The molecule has 0 spiro atoms. The van der Waals surface area contributed by atoms with Gasteiger partial charge in [0.15, 0.2) is 0 Å². The van der Waals surface area contributed by atoms with Crippen molar-refractivity contribution in [1.82, 2.24) is 0 Å². The highest BCUT2D eigenvalue weighted by molar-refractivity contribution is 7.06. The van der Waals surface area contributed by atoms with E-state index in [-0.39, 0.29) is 20.1 Å². The van der Waals surface area contributed by atoms with Crippen molar-refractivity contribution in [3.8, 4) is 0 Å². The number of hydrogen-bond donors (Lipinski definition) is 0. The van der Waals surface area contributed by atoms with E-state index in [0.29, 0.717) is 0 Å². The Morgan fingerprint density at radius 1 is 0.275 bits per heavy atom. The summed E-state index contributed by atoms with van der Waals surface area (Å²) >= 11 is 0. The highest BCUT2D eigenvalue weighted by atomic mass is 15.2. The van der Waals surface area contributed by atoms with E-state index >= 15 is 0 Å². The van der Waals surface area contributed by atoms with Crippen molar-refractivity contribution in [2.45, 2.75) is 0 Å². The molecule has 0 saturated carbocycles. The lowest BCUT2D eigenvalue weighted by molar-refractivity contribution is 1.31. The molecule has 0 bridgehead atoms. The molecule has 0 radical (unpaired) electrons. The van der Waals surface area contributed by atoms with Crippen LogP contribution in [0.4, 0.5) is 17.1 Å². The molecule has 9 rings (SSSR count). The Kier molecular flexibility index (Phi) is 4.66. The fourth-order valence-electron chi connectivity index (χ4n) is 7.76. The lowest BCUT2D eigenvalue weighted by Crippen LogP contribution is -2.71. The minimum absolute atomic E-state index is 0.182. The predicted molar refractivity (Wildman–Crippen MR) is 174 cm³/mol. The number of anilines is 3. The molecule has 3 heterocycles. The van der Waals surface area contributed by atoms with Crippen molar-refractivity contribution in [2.24, 2.45) is 0 Å². The Morgan fingerprint density at radius 3 is 0.775 bits per heavy atom. The predicted octanol–water partition coefficient (Wildman–Crippen LogP) is 1.65. The maximum absolute atomic E-state index is 2.64. The van der Waals surface area contributed by atoms with Crippen LogP contribution in [-0.4, -0.2) is 20.1 Å². The SMILES string of the molecule is c1ccc(B2c3cccc4c3N3c5c2cccc5B(c2ccccc2)c2cccc(c23)B4c2ccccc2)cc1. The molecule has 1 nitrogen and oxygen atoms in total. The third-order valence-corrected chi connectivity index (χ3v) is 9.23. The first-order chi connectivity index (χ1) is 19.9. The summed E-state index contributed by atoms with van der Waals surface area (Å²) in [7, 11) is 0. The summed E-state index contributed by atoms with van der Waals surface area (Å²) in [5.74, 6) is 0. The summed E-state index contributed by atoms with van der Waals surface area (Å²) in [5.41, 5.74) is 16.5. The van der Waals surface area contributed by atoms with Crippen molar-refractivity contribution in [3.05, 3.63) is 146 Å². The van der Waals surface area contributed by atoms with E-state index in [0.717, 1.165) is 0 Å². The van der Waals surface area contributed by atoms with Crippen LogP contribution in [0.5, 0.6) is 0 Å². The van der Waals surface area contributed by atoms with Crippen LogP contribution >= 0.6 is 0 Å². The van der Waals surface area contributed by atoms with Gasteiger partial charge in [0.05, 0.1) is 0 Å². The molecule has 0 aromatic heterocycles. The summed E-state index contributed by atoms with van der Waals surface area (Å²) in [6.07, 6.45) is 0.